The molecule has 0 unspecified atom stereocenters. The minimum Gasteiger partial charge on any atom is -0.339 e. The van der Waals surface area contributed by atoms with Crippen molar-refractivity contribution in [3.8, 4) is 11.8 Å². The van der Waals surface area contributed by atoms with Crippen LogP contribution in [0.3, 0.4) is 0 Å². The smallest absolute Gasteiger partial charge is 0.267 e. The van der Waals surface area contributed by atoms with Crippen LogP contribution in [0, 0.1) is 11.8 Å². The van der Waals surface area contributed by atoms with Crippen LogP contribution in [-0.4, -0.2) is 41.6 Å². The molecule has 0 aliphatic rings. The summed E-state index contributed by atoms with van der Waals surface area (Å²) in [6.45, 7) is 1.45. The van der Waals surface area contributed by atoms with E-state index in [2.05, 4.69) is 22.5 Å². The SMILES string of the molecule is C.C[C@@H](N)C(=O)Nc1ccc(C#Cc2ccc(C(=O)N[C@@H](CN)C(=O)NO)cc2)cc1. The van der Waals surface area contributed by atoms with Crippen LogP contribution in [0.1, 0.15) is 35.8 Å². The zero-order chi connectivity index (χ0) is 22.1. The monoisotopic (exact) mass is 425 g/mol. The van der Waals surface area contributed by atoms with Crippen LogP contribution >= 0.6 is 0 Å². The molecule has 0 saturated heterocycles. The van der Waals surface area contributed by atoms with Crippen LogP contribution in [0.15, 0.2) is 48.5 Å². The average molecular weight is 425 g/mol. The highest BCUT2D eigenvalue weighted by Crippen LogP contribution is 2.10. The van der Waals surface area contributed by atoms with Crippen molar-refractivity contribution in [3.63, 3.8) is 0 Å². The molecule has 0 saturated carbocycles. The molecule has 0 radical (unpaired) electrons. The molecule has 2 aromatic carbocycles. The molecule has 31 heavy (non-hydrogen) atoms. The van der Waals surface area contributed by atoms with Crippen LogP contribution in [0.4, 0.5) is 5.69 Å². The summed E-state index contributed by atoms with van der Waals surface area (Å²) in [6.07, 6.45) is 0. The first-order valence-corrected chi connectivity index (χ1v) is 9.07. The lowest BCUT2D eigenvalue weighted by atomic mass is 10.1. The molecule has 0 aliphatic heterocycles. The quantitative estimate of drug-likeness (QED) is 0.225. The summed E-state index contributed by atoms with van der Waals surface area (Å²) in [4.78, 5) is 35.1. The van der Waals surface area contributed by atoms with Crippen molar-refractivity contribution >= 4 is 23.4 Å². The summed E-state index contributed by atoms with van der Waals surface area (Å²) in [5.74, 6) is 4.40. The highest BCUT2D eigenvalue weighted by Gasteiger charge is 2.19. The Bertz CT molecular complexity index is 960. The minimum atomic E-state index is -1.04. The van der Waals surface area contributed by atoms with Crippen molar-refractivity contribution in [3.05, 3.63) is 65.2 Å². The van der Waals surface area contributed by atoms with Gasteiger partial charge in [0.15, 0.2) is 0 Å². The zero-order valence-electron chi connectivity index (χ0n) is 16.3. The molecule has 0 fully saturated rings. The van der Waals surface area contributed by atoms with Gasteiger partial charge in [0.05, 0.1) is 6.04 Å². The van der Waals surface area contributed by atoms with Crippen LogP contribution in [0.2, 0.25) is 0 Å². The van der Waals surface area contributed by atoms with Crippen molar-refractivity contribution in [2.24, 2.45) is 11.5 Å². The lowest BCUT2D eigenvalue weighted by Crippen LogP contribution is -2.50. The van der Waals surface area contributed by atoms with E-state index in [0.717, 1.165) is 5.56 Å². The lowest BCUT2D eigenvalue weighted by molar-refractivity contribution is -0.130. The number of carbonyl (C=O) groups excluding carboxylic acids is 3. The number of hydrogen-bond donors (Lipinski definition) is 6. The molecule has 0 bridgehead atoms. The Morgan fingerprint density at radius 2 is 1.48 bits per heavy atom. The third kappa shape index (κ3) is 7.56. The summed E-state index contributed by atoms with van der Waals surface area (Å²) in [6, 6.07) is 11.8. The predicted octanol–water partition coefficient (Wildman–Crippen LogP) is 0.571. The van der Waals surface area contributed by atoms with Crippen molar-refractivity contribution in [2.75, 3.05) is 11.9 Å². The first-order valence-electron chi connectivity index (χ1n) is 9.07. The Morgan fingerprint density at radius 1 is 0.968 bits per heavy atom. The number of amides is 3. The van der Waals surface area contributed by atoms with Gasteiger partial charge in [0, 0.05) is 28.9 Å². The van der Waals surface area contributed by atoms with Gasteiger partial charge < -0.3 is 22.1 Å². The average Bonchev–Trinajstić information content (AvgIpc) is 2.76. The summed E-state index contributed by atoms with van der Waals surface area (Å²) < 4.78 is 0. The number of carbonyl (C=O) groups is 3. The van der Waals surface area contributed by atoms with Crippen molar-refractivity contribution in [1.29, 1.82) is 0 Å². The number of benzene rings is 2. The summed E-state index contributed by atoms with van der Waals surface area (Å²) >= 11 is 0. The largest absolute Gasteiger partial charge is 0.339 e. The van der Waals surface area contributed by atoms with Gasteiger partial charge in [-0.3, -0.25) is 19.6 Å². The van der Waals surface area contributed by atoms with E-state index in [0.29, 0.717) is 16.8 Å². The van der Waals surface area contributed by atoms with E-state index >= 15 is 0 Å². The number of rotatable bonds is 6. The Balaban J connectivity index is 0.00000480. The van der Waals surface area contributed by atoms with Crippen molar-refractivity contribution in [1.82, 2.24) is 10.8 Å². The second-order valence-electron chi connectivity index (χ2n) is 6.42. The summed E-state index contributed by atoms with van der Waals surface area (Å²) in [5.41, 5.74) is 14.8. The Hall–Kier alpha value is -3.71. The van der Waals surface area contributed by atoms with Crippen molar-refractivity contribution in [2.45, 2.75) is 26.4 Å². The standard InChI is InChI=1S/C21H23N5O4.CH4/c1-13(23)19(27)24-17-10-6-15(7-11-17)3-2-14-4-8-16(9-5-14)20(28)25-18(12-22)21(29)26-30;/h4-11,13,18,30H,12,22-23H2,1H3,(H,24,27)(H,25,28)(H,26,29);1H4/t13-,18+;/m1./s1. The van der Waals surface area contributed by atoms with Gasteiger partial charge in [-0.1, -0.05) is 19.3 Å². The van der Waals surface area contributed by atoms with E-state index < -0.39 is 23.9 Å². The first kappa shape index (κ1) is 25.3. The molecule has 0 spiro atoms. The van der Waals surface area contributed by atoms with Crippen LogP contribution in [0.5, 0.6) is 0 Å². The molecule has 3 amide bonds. The molecule has 2 rings (SSSR count). The maximum atomic E-state index is 12.2. The highest BCUT2D eigenvalue weighted by molar-refractivity contribution is 5.97. The van der Waals surface area contributed by atoms with Gasteiger partial charge in [-0.2, -0.15) is 0 Å². The van der Waals surface area contributed by atoms with Gasteiger partial charge in [0.25, 0.3) is 11.8 Å². The molecule has 0 aliphatic carbocycles. The third-order valence-electron chi connectivity index (χ3n) is 4.03. The zero-order valence-corrected chi connectivity index (χ0v) is 16.3. The first-order chi connectivity index (χ1) is 14.3. The number of hydroxylamine groups is 1. The van der Waals surface area contributed by atoms with Gasteiger partial charge in [0.2, 0.25) is 5.91 Å². The number of nitrogens with two attached hydrogens (primary N) is 2. The Labute approximate surface area is 181 Å². The van der Waals surface area contributed by atoms with E-state index in [-0.39, 0.29) is 19.9 Å². The van der Waals surface area contributed by atoms with E-state index in [4.69, 9.17) is 16.7 Å². The van der Waals surface area contributed by atoms with E-state index in [1.165, 1.54) is 5.48 Å². The normalized spacial score (nSPS) is 11.6. The lowest BCUT2D eigenvalue weighted by Gasteiger charge is -2.14. The molecule has 9 heteroatoms. The number of anilines is 1. The fourth-order valence-corrected chi connectivity index (χ4v) is 2.29. The number of hydrogen-bond acceptors (Lipinski definition) is 6. The number of nitrogens with one attached hydrogen (secondary N) is 3. The van der Waals surface area contributed by atoms with Crippen LogP contribution in [-0.2, 0) is 9.59 Å². The topological polar surface area (TPSA) is 160 Å². The van der Waals surface area contributed by atoms with Gasteiger partial charge in [-0.15, -0.1) is 0 Å². The Morgan fingerprint density at radius 3 is 1.94 bits per heavy atom. The summed E-state index contributed by atoms with van der Waals surface area (Å²) in [7, 11) is 0. The molecule has 9 nitrogen and oxygen atoms in total. The predicted molar refractivity (Wildman–Crippen MR) is 118 cm³/mol. The molecule has 8 N–H and O–H groups in total. The molecule has 164 valence electrons. The van der Waals surface area contributed by atoms with Crippen LogP contribution < -0.4 is 27.6 Å². The second kappa shape index (κ2) is 12.1. The van der Waals surface area contributed by atoms with E-state index in [1.54, 1.807) is 55.5 Å². The molecule has 0 aromatic heterocycles. The molecule has 0 heterocycles. The Kier molecular flexibility index (Phi) is 9.88. The second-order valence-corrected chi connectivity index (χ2v) is 6.42. The maximum absolute atomic E-state index is 12.2. The molecule has 2 aromatic rings. The summed E-state index contributed by atoms with van der Waals surface area (Å²) in [5, 5.41) is 13.8. The van der Waals surface area contributed by atoms with Crippen molar-refractivity contribution < 1.29 is 19.6 Å². The fraction of sp³-hybridized carbons (Fsp3) is 0.227. The molecule has 2 atom stereocenters. The molecular weight excluding hydrogens is 398 g/mol. The van der Waals surface area contributed by atoms with E-state index in [1.807, 2.05) is 0 Å². The van der Waals surface area contributed by atoms with Gasteiger partial charge >= 0.3 is 0 Å². The minimum absolute atomic E-state index is 0. The van der Waals surface area contributed by atoms with Gasteiger partial charge in [-0.25, -0.2) is 5.48 Å². The maximum Gasteiger partial charge on any atom is 0.267 e. The van der Waals surface area contributed by atoms with Gasteiger partial charge in [-0.05, 0) is 55.5 Å². The highest BCUT2D eigenvalue weighted by atomic mass is 16.5. The van der Waals surface area contributed by atoms with Gasteiger partial charge in [0.1, 0.15) is 6.04 Å². The molecular formula is C22H27N5O4. The third-order valence-corrected chi connectivity index (χ3v) is 4.03. The van der Waals surface area contributed by atoms with E-state index in [9.17, 15) is 14.4 Å². The fourth-order valence-electron chi connectivity index (χ4n) is 2.29. The van der Waals surface area contributed by atoms with Crippen LogP contribution in [0.25, 0.3) is 0 Å².